The van der Waals surface area contributed by atoms with Gasteiger partial charge in [-0.3, -0.25) is 0 Å². The quantitative estimate of drug-likeness (QED) is 0.808. The molecule has 1 heterocycles. The monoisotopic (exact) mass is 267 g/mol. The molecule has 0 amide bonds. The zero-order valence-electron chi connectivity index (χ0n) is 13.4. The third-order valence-electron chi connectivity index (χ3n) is 5.27. The molecule has 2 unspecified atom stereocenters. The van der Waals surface area contributed by atoms with Gasteiger partial charge >= 0.3 is 0 Å². The van der Waals surface area contributed by atoms with Crippen molar-refractivity contribution in [1.82, 2.24) is 5.32 Å². The van der Waals surface area contributed by atoms with E-state index in [1.54, 1.807) is 0 Å². The van der Waals surface area contributed by atoms with Gasteiger partial charge in [0, 0.05) is 0 Å². The molecule has 2 nitrogen and oxygen atoms in total. The molecule has 1 saturated heterocycles. The zero-order chi connectivity index (χ0) is 13.9. The molecule has 0 aromatic heterocycles. The van der Waals surface area contributed by atoms with Crippen molar-refractivity contribution in [2.45, 2.75) is 84.3 Å². The predicted octanol–water partition coefficient (Wildman–Crippen LogP) is 4.14. The van der Waals surface area contributed by atoms with E-state index in [0.29, 0.717) is 23.0 Å². The fraction of sp³-hybridized carbons (Fsp3) is 1.00. The van der Waals surface area contributed by atoms with E-state index < -0.39 is 0 Å². The van der Waals surface area contributed by atoms with Crippen LogP contribution in [0.3, 0.4) is 0 Å². The Kier molecular flexibility index (Phi) is 4.94. The lowest BCUT2D eigenvalue weighted by Gasteiger charge is -2.33. The minimum atomic E-state index is 0.297. The molecule has 2 fully saturated rings. The molecule has 0 bridgehead atoms. The van der Waals surface area contributed by atoms with Gasteiger partial charge in [-0.05, 0) is 56.5 Å². The SMILES string of the molecule is CCNCC(CC1CCC2(CCCC2)O1)C(C)(C)C. The lowest BCUT2D eigenvalue weighted by molar-refractivity contribution is -0.0498. The Morgan fingerprint density at radius 1 is 1.21 bits per heavy atom. The van der Waals surface area contributed by atoms with Crippen LogP contribution in [0.25, 0.3) is 0 Å². The molecule has 1 spiro atoms. The number of hydrogen-bond acceptors (Lipinski definition) is 2. The van der Waals surface area contributed by atoms with Crippen molar-refractivity contribution in [3.8, 4) is 0 Å². The second-order valence-electron chi connectivity index (χ2n) is 7.77. The molecule has 2 rings (SSSR count). The van der Waals surface area contributed by atoms with Crippen molar-refractivity contribution in [3.63, 3.8) is 0 Å². The van der Waals surface area contributed by atoms with Gasteiger partial charge in [0.25, 0.3) is 0 Å². The molecule has 112 valence electrons. The first-order chi connectivity index (χ1) is 8.95. The number of ether oxygens (including phenoxy) is 1. The van der Waals surface area contributed by atoms with Gasteiger partial charge in [0.15, 0.2) is 0 Å². The minimum absolute atomic E-state index is 0.297. The van der Waals surface area contributed by atoms with E-state index in [2.05, 4.69) is 33.0 Å². The Morgan fingerprint density at radius 2 is 1.89 bits per heavy atom. The maximum atomic E-state index is 6.49. The van der Waals surface area contributed by atoms with Crippen molar-refractivity contribution < 1.29 is 4.74 Å². The first-order valence-corrected chi connectivity index (χ1v) is 8.34. The number of hydrogen-bond donors (Lipinski definition) is 1. The topological polar surface area (TPSA) is 21.3 Å². The van der Waals surface area contributed by atoms with E-state index in [-0.39, 0.29) is 0 Å². The van der Waals surface area contributed by atoms with Crippen LogP contribution in [0, 0.1) is 11.3 Å². The van der Waals surface area contributed by atoms with Gasteiger partial charge in [0.05, 0.1) is 11.7 Å². The fourth-order valence-corrected chi connectivity index (χ4v) is 3.83. The molecular formula is C17H33NO. The molecule has 2 atom stereocenters. The first-order valence-electron chi connectivity index (χ1n) is 8.34. The van der Waals surface area contributed by atoms with Crippen LogP contribution < -0.4 is 5.32 Å². The van der Waals surface area contributed by atoms with Crippen molar-refractivity contribution in [2.24, 2.45) is 11.3 Å². The Morgan fingerprint density at radius 3 is 2.47 bits per heavy atom. The summed E-state index contributed by atoms with van der Waals surface area (Å²) < 4.78 is 6.49. The van der Waals surface area contributed by atoms with Crippen LogP contribution in [0.2, 0.25) is 0 Å². The zero-order valence-corrected chi connectivity index (χ0v) is 13.4. The fourth-order valence-electron chi connectivity index (χ4n) is 3.83. The van der Waals surface area contributed by atoms with E-state index in [0.717, 1.165) is 13.1 Å². The van der Waals surface area contributed by atoms with Crippen molar-refractivity contribution >= 4 is 0 Å². The molecular weight excluding hydrogens is 234 g/mol. The maximum absolute atomic E-state index is 6.49. The Hall–Kier alpha value is -0.0800. The molecule has 1 aliphatic heterocycles. The highest BCUT2D eigenvalue weighted by Gasteiger charge is 2.43. The van der Waals surface area contributed by atoms with Crippen LogP contribution in [-0.4, -0.2) is 24.8 Å². The lowest BCUT2D eigenvalue weighted by Crippen LogP contribution is -2.35. The maximum Gasteiger partial charge on any atom is 0.0687 e. The van der Waals surface area contributed by atoms with Gasteiger partial charge in [-0.1, -0.05) is 40.5 Å². The van der Waals surface area contributed by atoms with E-state index in [1.807, 2.05) is 0 Å². The van der Waals surface area contributed by atoms with E-state index in [4.69, 9.17) is 4.74 Å². The lowest BCUT2D eigenvalue weighted by atomic mass is 9.77. The summed E-state index contributed by atoms with van der Waals surface area (Å²) in [5.41, 5.74) is 0.669. The van der Waals surface area contributed by atoms with Crippen LogP contribution in [0.4, 0.5) is 0 Å². The van der Waals surface area contributed by atoms with Crippen molar-refractivity contribution in [2.75, 3.05) is 13.1 Å². The molecule has 0 radical (unpaired) electrons. The summed E-state index contributed by atoms with van der Waals surface area (Å²) in [5.74, 6) is 0.717. The van der Waals surface area contributed by atoms with Gasteiger partial charge in [0.2, 0.25) is 0 Å². The minimum Gasteiger partial charge on any atom is -0.372 e. The van der Waals surface area contributed by atoms with E-state index in [1.165, 1.54) is 44.9 Å². The number of rotatable bonds is 5. The highest BCUT2D eigenvalue weighted by molar-refractivity contribution is 4.94. The first kappa shape index (κ1) is 15.3. The van der Waals surface area contributed by atoms with Crippen LogP contribution in [-0.2, 0) is 4.74 Å². The van der Waals surface area contributed by atoms with Gasteiger partial charge in [-0.15, -0.1) is 0 Å². The molecule has 0 aromatic rings. The molecule has 1 N–H and O–H groups in total. The predicted molar refractivity (Wildman–Crippen MR) is 81.4 cm³/mol. The molecule has 2 heteroatoms. The standard InChI is InChI=1S/C17H33NO/c1-5-18-13-14(16(2,3)4)12-15-8-11-17(19-15)9-6-7-10-17/h14-15,18H,5-13H2,1-4H3. The molecule has 19 heavy (non-hydrogen) atoms. The third kappa shape index (κ3) is 3.95. The summed E-state index contributed by atoms with van der Waals surface area (Å²) in [6.07, 6.45) is 9.75. The second kappa shape index (κ2) is 6.13. The van der Waals surface area contributed by atoms with Gasteiger partial charge < -0.3 is 10.1 Å². The molecule has 0 aromatic carbocycles. The highest BCUT2D eigenvalue weighted by Crippen LogP contribution is 2.45. The van der Waals surface area contributed by atoms with E-state index in [9.17, 15) is 0 Å². The van der Waals surface area contributed by atoms with Gasteiger partial charge in [0.1, 0.15) is 0 Å². The second-order valence-corrected chi connectivity index (χ2v) is 7.77. The average molecular weight is 267 g/mol. The van der Waals surface area contributed by atoms with Crippen LogP contribution in [0.5, 0.6) is 0 Å². The Bertz CT molecular complexity index is 275. The normalized spacial score (nSPS) is 28.1. The molecule has 1 aliphatic carbocycles. The average Bonchev–Trinajstić information content (AvgIpc) is 2.94. The third-order valence-corrected chi connectivity index (χ3v) is 5.27. The van der Waals surface area contributed by atoms with Gasteiger partial charge in [-0.2, -0.15) is 0 Å². The van der Waals surface area contributed by atoms with Crippen LogP contribution in [0.15, 0.2) is 0 Å². The largest absolute Gasteiger partial charge is 0.372 e. The smallest absolute Gasteiger partial charge is 0.0687 e. The summed E-state index contributed by atoms with van der Waals surface area (Å²) in [6.45, 7) is 11.5. The van der Waals surface area contributed by atoms with Gasteiger partial charge in [-0.25, -0.2) is 0 Å². The number of nitrogens with one attached hydrogen (secondary N) is 1. The van der Waals surface area contributed by atoms with Crippen LogP contribution in [0.1, 0.15) is 72.6 Å². The van der Waals surface area contributed by atoms with Crippen molar-refractivity contribution in [1.29, 1.82) is 0 Å². The van der Waals surface area contributed by atoms with E-state index >= 15 is 0 Å². The van der Waals surface area contributed by atoms with Crippen LogP contribution >= 0.6 is 0 Å². The van der Waals surface area contributed by atoms with Crippen molar-refractivity contribution in [3.05, 3.63) is 0 Å². The summed E-state index contributed by atoms with van der Waals surface area (Å²) in [4.78, 5) is 0. The Balaban J connectivity index is 1.87. The molecule has 1 saturated carbocycles. The summed E-state index contributed by atoms with van der Waals surface area (Å²) >= 11 is 0. The highest BCUT2D eigenvalue weighted by atomic mass is 16.5. The summed E-state index contributed by atoms with van der Waals surface area (Å²) in [7, 11) is 0. The summed E-state index contributed by atoms with van der Waals surface area (Å²) in [6, 6.07) is 0. The summed E-state index contributed by atoms with van der Waals surface area (Å²) in [5, 5.41) is 3.53. The molecule has 2 aliphatic rings. The Labute approximate surface area is 119 Å².